The first-order valence-electron chi connectivity index (χ1n) is 11.6. The van der Waals surface area contributed by atoms with Gasteiger partial charge < -0.3 is 10.2 Å². The average Bonchev–Trinajstić information content (AvgIpc) is 3.38. The van der Waals surface area contributed by atoms with E-state index in [9.17, 15) is 26.4 Å². The Balaban J connectivity index is 1.34. The van der Waals surface area contributed by atoms with Gasteiger partial charge in [-0.2, -0.15) is 12.7 Å². The number of hydrogen-bond acceptors (Lipinski definition) is 5. The van der Waals surface area contributed by atoms with Crippen molar-refractivity contribution >= 4 is 21.8 Å². The van der Waals surface area contributed by atoms with E-state index in [-0.39, 0.29) is 18.9 Å². The first-order chi connectivity index (χ1) is 16.5. The molecule has 1 aromatic carbocycles. The highest BCUT2D eigenvalue weighted by Crippen LogP contribution is 2.50. The van der Waals surface area contributed by atoms with Gasteiger partial charge in [-0.1, -0.05) is 6.07 Å². The van der Waals surface area contributed by atoms with E-state index in [0.29, 0.717) is 36.6 Å². The fourth-order valence-corrected chi connectivity index (χ4v) is 6.37. The molecule has 35 heavy (non-hydrogen) atoms. The van der Waals surface area contributed by atoms with Crippen LogP contribution >= 0.6 is 0 Å². The molecule has 3 aliphatic heterocycles. The van der Waals surface area contributed by atoms with E-state index in [0.717, 1.165) is 27.3 Å². The number of alkyl halides is 2. The minimum absolute atomic E-state index is 0.0553. The second-order valence-corrected chi connectivity index (χ2v) is 11.4. The van der Waals surface area contributed by atoms with Crippen LogP contribution in [0.2, 0.25) is 0 Å². The predicted molar refractivity (Wildman–Crippen MR) is 123 cm³/mol. The van der Waals surface area contributed by atoms with Gasteiger partial charge in [0.2, 0.25) is 5.91 Å². The van der Waals surface area contributed by atoms with Crippen LogP contribution in [0.5, 0.6) is 0 Å². The predicted octanol–water partition coefficient (Wildman–Crippen LogP) is 1.79. The van der Waals surface area contributed by atoms with E-state index < -0.39 is 34.0 Å². The number of rotatable bonds is 5. The lowest BCUT2D eigenvalue weighted by Gasteiger charge is -2.34. The van der Waals surface area contributed by atoms with Crippen LogP contribution in [0.25, 0.3) is 5.70 Å². The molecule has 4 aliphatic rings. The van der Waals surface area contributed by atoms with Crippen LogP contribution in [-0.4, -0.2) is 84.6 Å². The average molecular weight is 512 g/mol. The largest absolute Gasteiger partial charge is 0.363 e. The number of nitrogens with one attached hydrogen (secondary N) is 1. The fraction of sp³-hybridized carbons (Fsp3) is 0.522. The van der Waals surface area contributed by atoms with Crippen LogP contribution in [0.4, 0.5) is 13.2 Å². The summed E-state index contributed by atoms with van der Waals surface area (Å²) in [6, 6.07) is 4.83. The third-order valence-corrected chi connectivity index (χ3v) is 9.03. The lowest BCUT2D eigenvalue weighted by atomic mass is 10.0. The molecule has 1 amide bonds. The molecule has 5 rings (SSSR count). The number of likely N-dealkylation sites (N-methyl/N-ethyl adjacent to an activating group) is 1. The van der Waals surface area contributed by atoms with Crippen LogP contribution in [0.1, 0.15) is 24.5 Å². The summed E-state index contributed by atoms with van der Waals surface area (Å²) in [7, 11) is -2.59. The van der Waals surface area contributed by atoms with E-state index in [2.05, 4.69) is 10.2 Å². The van der Waals surface area contributed by atoms with Gasteiger partial charge >= 0.3 is 10.2 Å². The number of piperazine rings is 1. The number of carbonyl (C=O) groups is 1. The molecule has 3 fully saturated rings. The third-order valence-electron chi connectivity index (χ3n) is 7.17. The van der Waals surface area contributed by atoms with Gasteiger partial charge in [-0.25, -0.2) is 13.2 Å². The molecule has 1 aromatic rings. The zero-order valence-electron chi connectivity index (χ0n) is 19.5. The SMILES string of the molecule is CC(=O)N1CCN(Cc2ccc(F)c(C3=CC=C4C(N3)N(C)S(=O)(=O)N4CC3CC3(F)F)c2)CC1. The molecule has 2 saturated heterocycles. The van der Waals surface area contributed by atoms with E-state index in [1.54, 1.807) is 36.1 Å². The smallest absolute Gasteiger partial charge is 0.305 e. The monoisotopic (exact) mass is 511 g/mol. The lowest BCUT2D eigenvalue weighted by Crippen LogP contribution is -2.47. The normalized spacial score (nSPS) is 27.7. The zero-order chi connectivity index (χ0) is 25.1. The van der Waals surface area contributed by atoms with E-state index in [1.807, 2.05) is 0 Å². The van der Waals surface area contributed by atoms with Crippen LogP contribution < -0.4 is 5.32 Å². The maximum atomic E-state index is 14.8. The Morgan fingerprint density at radius 2 is 1.86 bits per heavy atom. The van der Waals surface area contributed by atoms with Crippen molar-refractivity contribution in [3.05, 3.63) is 53.0 Å². The molecule has 2 atom stereocenters. The van der Waals surface area contributed by atoms with Crippen molar-refractivity contribution in [3.8, 4) is 0 Å². The topological polar surface area (TPSA) is 76.2 Å². The van der Waals surface area contributed by atoms with Crippen LogP contribution in [0.3, 0.4) is 0 Å². The zero-order valence-corrected chi connectivity index (χ0v) is 20.4. The summed E-state index contributed by atoms with van der Waals surface area (Å²) in [5.41, 5.74) is 1.96. The maximum Gasteiger partial charge on any atom is 0.305 e. The highest BCUT2D eigenvalue weighted by Gasteiger charge is 2.60. The third kappa shape index (κ3) is 4.43. The van der Waals surface area contributed by atoms with Gasteiger partial charge in [-0.05, 0) is 29.8 Å². The number of fused-ring (bicyclic) bond motifs is 1. The van der Waals surface area contributed by atoms with Crippen molar-refractivity contribution in [1.82, 2.24) is 23.7 Å². The van der Waals surface area contributed by atoms with Crippen molar-refractivity contribution in [2.24, 2.45) is 5.92 Å². The molecule has 2 unspecified atom stereocenters. The first kappa shape index (κ1) is 24.1. The Labute approximate surface area is 202 Å². The second kappa shape index (κ2) is 8.52. The Hall–Kier alpha value is -2.57. The molecule has 0 radical (unpaired) electrons. The van der Waals surface area contributed by atoms with Crippen molar-refractivity contribution in [1.29, 1.82) is 0 Å². The second-order valence-electron chi connectivity index (χ2n) is 9.53. The molecule has 8 nitrogen and oxygen atoms in total. The Morgan fingerprint density at radius 3 is 2.49 bits per heavy atom. The summed E-state index contributed by atoms with van der Waals surface area (Å²) in [5.74, 6) is -4.23. The standard InChI is InChI=1S/C23H28F3N5O3S/c1-15(32)30-9-7-29(8-10-30)13-16-3-4-19(24)18(11-16)20-5-6-21-22(27-20)28(2)35(33,34)31(21)14-17-12-23(17,25)26/h3-6,11,17,22,27H,7-10,12-14H2,1-2H3. The van der Waals surface area contributed by atoms with Gasteiger partial charge in [0.25, 0.3) is 5.92 Å². The van der Waals surface area contributed by atoms with Gasteiger partial charge in [0, 0.05) is 76.8 Å². The summed E-state index contributed by atoms with van der Waals surface area (Å²) in [6.45, 7) is 4.60. The summed E-state index contributed by atoms with van der Waals surface area (Å²) >= 11 is 0. The molecule has 190 valence electrons. The van der Waals surface area contributed by atoms with E-state index in [1.165, 1.54) is 13.1 Å². The summed E-state index contributed by atoms with van der Waals surface area (Å²) in [6.07, 6.45) is 2.02. The quantitative estimate of drug-likeness (QED) is 0.653. The molecule has 1 aliphatic carbocycles. The van der Waals surface area contributed by atoms with Crippen LogP contribution in [-0.2, 0) is 21.5 Å². The number of allylic oxidation sites excluding steroid dienone is 2. The summed E-state index contributed by atoms with van der Waals surface area (Å²) < 4.78 is 69.6. The fourth-order valence-electron chi connectivity index (χ4n) is 4.84. The summed E-state index contributed by atoms with van der Waals surface area (Å²) in [4.78, 5) is 15.5. The van der Waals surface area contributed by atoms with Crippen molar-refractivity contribution in [3.63, 3.8) is 0 Å². The van der Waals surface area contributed by atoms with Crippen LogP contribution in [0.15, 0.2) is 36.0 Å². The minimum Gasteiger partial charge on any atom is -0.363 e. The van der Waals surface area contributed by atoms with Crippen LogP contribution in [0, 0.1) is 11.7 Å². The van der Waals surface area contributed by atoms with Gasteiger partial charge in [0.05, 0.1) is 5.70 Å². The molecule has 0 spiro atoms. The van der Waals surface area contributed by atoms with Crippen molar-refractivity contribution < 1.29 is 26.4 Å². The molecule has 12 heteroatoms. The van der Waals surface area contributed by atoms with Gasteiger partial charge in [-0.15, -0.1) is 0 Å². The highest BCUT2D eigenvalue weighted by molar-refractivity contribution is 7.87. The van der Waals surface area contributed by atoms with Gasteiger partial charge in [-0.3, -0.25) is 14.0 Å². The molecule has 3 heterocycles. The molecule has 1 N–H and O–H groups in total. The van der Waals surface area contributed by atoms with E-state index in [4.69, 9.17) is 0 Å². The van der Waals surface area contributed by atoms with E-state index >= 15 is 0 Å². The van der Waals surface area contributed by atoms with Gasteiger partial charge in [0.1, 0.15) is 12.0 Å². The Kier molecular flexibility index (Phi) is 5.88. The molecular weight excluding hydrogens is 483 g/mol. The van der Waals surface area contributed by atoms with Crippen molar-refractivity contribution in [2.75, 3.05) is 39.8 Å². The number of benzene rings is 1. The molecule has 0 bridgehead atoms. The number of hydrogen-bond donors (Lipinski definition) is 1. The molecular formula is C23H28F3N5O3S. The highest BCUT2D eigenvalue weighted by atomic mass is 32.2. The first-order valence-corrected chi connectivity index (χ1v) is 13.0. The molecule has 0 aromatic heterocycles. The number of dihydropyridines is 1. The minimum atomic E-state index is -3.97. The maximum absolute atomic E-state index is 14.8. The number of nitrogens with zero attached hydrogens (tertiary/aromatic N) is 4. The number of amides is 1. The number of halogens is 3. The summed E-state index contributed by atoms with van der Waals surface area (Å²) in [5, 5.41) is 3.08. The lowest BCUT2D eigenvalue weighted by molar-refractivity contribution is -0.130. The van der Waals surface area contributed by atoms with Gasteiger partial charge in [0.15, 0.2) is 0 Å². The Bertz CT molecular complexity index is 1210. The number of carbonyl (C=O) groups excluding carboxylic acids is 1. The molecule has 1 saturated carbocycles. The van der Waals surface area contributed by atoms with Crippen molar-refractivity contribution in [2.45, 2.75) is 32.0 Å². The Morgan fingerprint density at radius 1 is 1.17 bits per heavy atom.